The minimum Gasteiger partial charge on any atom is -0.488 e. The Morgan fingerprint density at radius 3 is 2.46 bits per heavy atom. The second kappa shape index (κ2) is 9.36. The molecule has 9 heteroatoms. The fourth-order valence-electron chi connectivity index (χ4n) is 1.95. The summed E-state index contributed by atoms with van der Waals surface area (Å²) in [5.74, 6) is -0.443. The van der Waals surface area contributed by atoms with Gasteiger partial charge in [0.25, 0.3) is 0 Å². The number of azide groups is 1. The zero-order chi connectivity index (χ0) is 19.1. The van der Waals surface area contributed by atoms with E-state index in [0.717, 1.165) is 5.56 Å². The van der Waals surface area contributed by atoms with Gasteiger partial charge in [0.1, 0.15) is 18.1 Å². The van der Waals surface area contributed by atoms with E-state index in [9.17, 15) is 4.79 Å². The largest absolute Gasteiger partial charge is 0.488 e. The van der Waals surface area contributed by atoms with Crippen molar-refractivity contribution < 1.29 is 14.3 Å². The van der Waals surface area contributed by atoms with Crippen molar-refractivity contribution >= 4 is 46.8 Å². The summed E-state index contributed by atoms with van der Waals surface area (Å²) in [5.41, 5.74) is 9.65. The molecule has 0 aliphatic rings. The van der Waals surface area contributed by atoms with E-state index >= 15 is 0 Å². The van der Waals surface area contributed by atoms with Gasteiger partial charge in [-0.15, -0.1) is 0 Å². The minimum atomic E-state index is -0.794. The van der Waals surface area contributed by atoms with Crippen molar-refractivity contribution in [3.05, 3.63) is 78.7 Å². The molecular formula is C17H12Cl3N3O3. The monoisotopic (exact) mass is 411 g/mol. The Hall–Kier alpha value is -2.37. The number of hydrogen-bond donors (Lipinski definition) is 0. The Kier molecular flexibility index (Phi) is 7.18. The molecule has 0 bridgehead atoms. The first-order valence-corrected chi connectivity index (χ1v) is 8.29. The van der Waals surface area contributed by atoms with Gasteiger partial charge in [0.15, 0.2) is 0 Å². The molecule has 0 fully saturated rings. The van der Waals surface area contributed by atoms with Crippen LogP contribution in [0.4, 0.5) is 0 Å². The highest BCUT2D eigenvalue weighted by Gasteiger charge is 2.13. The summed E-state index contributed by atoms with van der Waals surface area (Å²) in [6.45, 7) is 0.227. The van der Waals surface area contributed by atoms with Crippen molar-refractivity contribution in [1.29, 1.82) is 0 Å². The second-order valence-corrected chi connectivity index (χ2v) is 6.18. The van der Waals surface area contributed by atoms with Crippen LogP contribution in [0.15, 0.2) is 47.2 Å². The first-order valence-electron chi connectivity index (χ1n) is 7.16. The summed E-state index contributed by atoms with van der Waals surface area (Å²) in [6.07, 6.45) is 1.31. The molecule has 0 amide bonds. The molecule has 0 aromatic heterocycles. The number of carbonyl (C=O) groups excluding carboxylic acids is 1. The molecule has 26 heavy (non-hydrogen) atoms. The molecule has 134 valence electrons. The summed E-state index contributed by atoms with van der Waals surface area (Å²) in [4.78, 5) is 14.3. The molecule has 0 atom stereocenters. The lowest BCUT2D eigenvalue weighted by Crippen LogP contribution is -2.03. The number of nitrogens with zero attached hydrogens (tertiary/aromatic N) is 3. The van der Waals surface area contributed by atoms with Crippen LogP contribution in [-0.2, 0) is 16.1 Å². The summed E-state index contributed by atoms with van der Waals surface area (Å²) < 4.78 is 10.4. The molecule has 0 saturated carbocycles. The number of hydrogen-bond acceptors (Lipinski definition) is 4. The fourth-order valence-corrected chi connectivity index (χ4v) is 2.40. The summed E-state index contributed by atoms with van der Waals surface area (Å²) >= 11 is 18.0. The van der Waals surface area contributed by atoms with E-state index < -0.39 is 5.97 Å². The third kappa shape index (κ3) is 5.31. The molecule has 0 radical (unpaired) electrons. The highest BCUT2D eigenvalue weighted by molar-refractivity contribution is 6.42. The zero-order valence-corrected chi connectivity index (χ0v) is 15.7. The van der Waals surface area contributed by atoms with Crippen molar-refractivity contribution in [3.63, 3.8) is 0 Å². The molecule has 0 unspecified atom stereocenters. The predicted molar refractivity (Wildman–Crippen MR) is 101 cm³/mol. The first-order chi connectivity index (χ1) is 12.4. The maximum Gasteiger partial charge on any atom is 0.340 e. The van der Waals surface area contributed by atoms with Crippen molar-refractivity contribution in [2.24, 2.45) is 5.11 Å². The molecule has 0 heterocycles. The van der Waals surface area contributed by atoms with E-state index in [1.807, 2.05) is 12.1 Å². The normalized spacial score (nSPS) is 10.8. The topological polar surface area (TPSA) is 84.3 Å². The summed E-state index contributed by atoms with van der Waals surface area (Å²) in [6, 6.07) is 10.1. The number of carbonyl (C=O) groups is 1. The number of esters is 1. The number of rotatable bonds is 6. The van der Waals surface area contributed by atoms with Gasteiger partial charge in [-0.3, -0.25) is 0 Å². The van der Waals surface area contributed by atoms with Gasteiger partial charge >= 0.3 is 5.97 Å². The maximum atomic E-state index is 11.7. The molecule has 0 aliphatic carbocycles. The van der Waals surface area contributed by atoms with Crippen molar-refractivity contribution in [2.75, 3.05) is 7.11 Å². The Labute approximate surface area is 164 Å². The number of halogens is 3. The molecule has 0 N–H and O–H groups in total. The van der Waals surface area contributed by atoms with E-state index in [1.165, 1.54) is 25.3 Å². The van der Waals surface area contributed by atoms with Gasteiger partial charge in [-0.1, -0.05) is 52.0 Å². The second-order valence-electron chi connectivity index (χ2n) is 4.93. The van der Waals surface area contributed by atoms with E-state index in [-0.39, 0.29) is 22.3 Å². The lowest BCUT2D eigenvalue weighted by atomic mass is 10.1. The smallest absolute Gasteiger partial charge is 0.340 e. The molecular weight excluding hydrogens is 401 g/mol. The van der Waals surface area contributed by atoms with Crippen LogP contribution in [0.3, 0.4) is 0 Å². The number of benzene rings is 2. The molecule has 0 spiro atoms. The molecule has 6 nitrogen and oxygen atoms in total. The van der Waals surface area contributed by atoms with Gasteiger partial charge in [-0.25, -0.2) is 4.79 Å². The first kappa shape index (κ1) is 19.9. The van der Waals surface area contributed by atoms with E-state index in [0.29, 0.717) is 16.3 Å². The standard InChI is InChI=1S/C17H12Cl3N3O3/c1-25-17(24)15(22-23-21)7-11-6-13(19)14(20)8-16(11)26-9-10-2-4-12(18)5-3-10/h2-8H,9H2,1H3/b15-7-. The van der Waals surface area contributed by atoms with Crippen LogP contribution in [0, 0.1) is 0 Å². The van der Waals surface area contributed by atoms with Crippen molar-refractivity contribution in [2.45, 2.75) is 6.61 Å². The van der Waals surface area contributed by atoms with Crippen LogP contribution in [0.2, 0.25) is 15.1 Å². The van der Waals surface area contributed by atoms with E-state index in [1.54, 1.807) is 12.1 Å². The van der Waals surface area contributed by atoms with Crippen LogP contribution < -0.4 is 4.74 Å². The predicted octanol–water partition coefficient (Wildman–Crippen LogP) is 6.05. The number of methoxy groups -OCH3 is 1. The fraction of sp³-hybridized carbons (Fsp3) is 0.118. The molecule has 0 saturated heterocycles. The van der Waals surface area contributed by atoms with Gasteiger partial charge < -0.3 is 9.47 Å². The van der Waals surface area contributed by atoms with Gasteiger partial charge in [0, 0.05) is 21.6 Å². The van der Waals surface area contributed by atoms with Gasteiger partial charge in [-0.05, 0) is 35.4 Å². The Bertz CT molecular complexity index is 892. The quantitative estimate of drug-likeness (QED) is 0.190. The third-order valence-corrected chi connectivity index (χ3v) is 4.17. The average molecular weight is 413 g/mol. The Balaban J connectivity index is 2.38. The van der Waals surface area contributed by atoms with E-state index in [4.69, 9.17) is 45.1 Å². The summed E-state index contributed by atoms with van der Waals surface area (Å²) in [7, 11) is 1.18. The summed E-state index contributed by atoms with van der Waals surface area (Å²) in [5, 5.41) is 4.48. The van der Waals surface area contributed by atoms with E-state index in [2.05, 4.69) is 14.8 Å². The highest BCUT2D eigenvalue weighted by atomic mass is 35.5. The molecule has 2 aromatic carbocycles. The Morgan fingerprint density at radius 2 is 1.85 bits per heavy atom. The molecule has 2 rings (SSSR count). The average Bonchev–Trinajstić information content (AvgIpc) is 2.63. The van der Waals surface area contributed by atoms with Crippen LogP contribution in [0.25, 0.3) is 16.5 Å². The zero-order valence-electron chi connectivity index (χ0n) is 13.4. The van der Waals surface area contributed by atoms with Gasteiger partial charge in [-0.2, -0.15) is 0 Å². The van der Waals surface area contributed by atoms with Crippen LogP contribution in [-0.4, -0.2) is 13.1 Å². The van der Waals surface area contributed by atoms with Crippen LogP contribution in [0.5, 0.6) is 5.75 Å². The number of ether oxygens (including phenoxy) is 2. The SMILES string of the molecule is COC(=O)/C(=C/c1cc(Cl)c(Cl)cc1OCc1ccc(Cl)cc1)N=[N+]=[N-]. The highest BCUT2D eigenvalue weighted by Crippen LogP contribution is 2.33. The van der Waals surface area contributed by atoms with Crippen molar-refractivity contribution in [3.8, 4) is 5.75 Å². The lowest BCUT2D eigenvalue weighted by molar-refractivity contribution is -0.136. The third-order valence-electron chi connectivity index (χ3n) is 3.20. The Morgan fingerprint density at radius 1 is 1.19 bits per heavy atom. The lowest BCUT2D eigenvalue weighted by Gasteiger charge is -2.12. The van der Waals surface area contributed by atoms with Crippen LogP contribution in [0.1, 0.15) is 11.1 Å². The van der Waals surface area contributed by atoms with Crippen molar-refractivity contribution in [1.82, 2.24) is 0 Å². The molecule has 0 aliphatic heterocycles. The van der Waals surface area contributed by atoms with Crippen LogP contribution >= 0.6 is 34.8 Å². The maximum absolute atomic E-state index is 11.7. The molecule has 2 aromatic rings. The minimum absolute atomic E-state index is 0.227. The van der Waals surface area contributed by atoms with Gasteiger partial charge in [0.05, 0.1) is 17.2 Å². The van der Waals surface area contributed by atoms with Gasteiger partial charge in [0.2, 0.25) is 0 Å².